The van der Waals surface area contributed by atoms with E-state index < -0.39 is 23.8 Å². The maximum absolute atomic E-state index is 13.1. The van der Waals surface area contributed by atoms with Gasteiger partial charge in [0, 0.05) is 5.92 Å². The molecule has 1 aliphatic carbocycles. The molecule has 1 amide bonds. The number of aliphatic hydroxyl groups excluding tert-OH is 1. The molecule has 0 bridgehead atoms. The van der Waals surface area contributed by atoms with Crippen LogP contribution >= 0.6 is 0 Å². The second kappa shape index (κ2) is 6.13. The number of carbonyl (C=O) groups is 1. The molecule has 0 radical (unpaired) electrons. The lowest BCUT2D eigenvalue weighted by molar-refractivity contribution is -0.126. The van der Waals surface area contributed by atoms with Gasteiger partial charge in [-0.15, -0.1) is 0 Å². The first-order chi connectivity index (χ1) is 9.49. The standard InChI is InChI=1S/C15H17F2NO2/c1-9(18-15(20)10-4-2-3-5-10)14(19)11-6-7-12(16)13(17)8-11/h2-3,6-10,14,19H,4-5H2,1H3,(H,18,20). The van der Waals surface area contributed by atoms with Crippen molar-refractivity contribution in [3.63, 3.8) is 0 Å². The average molecular weight is 281 g/mol. The van der Waals surface area contributed by atoms with E-state index in [0.717, 1.165) is 12.1 Å². The fraction of sp³-hybridized carbons (Fsp3) is 0.400. The van der Waals surface area contributed by atoms with E-state index in [2.05, 4.69) is 5.32 Å². The molecule has 2 rings (SSSR count). The molecule has 1 aromatic carbocycles. The van der Waals surface area contributed by atoms with Gasteiger partial charge in [-0.2, -0.15) is 0 Å². The Morgan fingerprint density at radius 1 is 1.30 bits per heavy atom. The fourth-order valence-electron chi connectivity index (χ4n) is 2.24. The molecule has 20 heavy (non-hydrogen) atoms. The van der Waals surface area contributed by atoms with Crippen molar-refractivity contribution >= 4 is 5.91 Å². The van der Waals surface area contributed by atoms with E-state index in [-0.39, 0.29) is 17.4 Å². The van der Waals surface area contributed by atoms with Crippen molar-refractivity contribution in [2.24, 2.45) is 5.92 Å². The number of nitrogens with one attached hydrogen (secondary N) is 1. The molecule has 2 atom stereocenters. The van der Waals surface area contributed by atoms with Gasteiger partial charge in [0.05, 0.1) is 12.1 Å². The van der Waals surface area contributed by atoms with E-state index in [1.807, 2.05) is 12.2 Å². The Morgan fingerprint density at radius 2 is 1.95 bits per heavy atom. The number of carbonyl (C=O) groups excluding carboxylic acids is 1. The van der Waals surface area contributed by atoms with Crippen LogP contribution in [0.1, 0.15) is 31.4 Å². The predicted octanol–water partition coefficient (Wildman–Crippen LogP) is 2.47. The van der Waals surface area contributed by atoms with Gasteiger partial charge in [-0.25, -0.2) is 8.78 Å². The number of rotatable bonds is 4. The highest BCUT2D eigenvalue weighted by Gasteiger charge is 2.24. The summed E-state index contributed by atoms with van der Waals surface area (Å²) in [7, 11) is 0. The number of benzene rings is 1. The number of hydrogen-bond acceptors (Lipinski definition) is 2. The van der Waals surface area contributed by atoms with E-state index >= 15 is 0 Å². The molecule has 0 spiro atoms. The summed E-state index contributed by atoms with van der Waals surface area (Å²) in [6.45, 7) is 1.63. The Morgan fingerprint density at radius 3 is 2.55 bits per heavy atom. The fourth-order valence-corrected chi connectivity index (χ4v) is 2.24. The van der Waals surface area contributed by atoms with Gasteiger partial charge in [-0.3, -0.25) is 4.79 Å². The first-order valence-electron chi connectivity index (χ1n) is 6.57. The monoisotopic (exact) mass is 281 g/mol. The molecule has 3 nitrogen and oxygen atoms in total. The predicted molar refractivity (Wildman–Crippen MR) is 70.8 cm³/mol. The molecule has 0 saturated heterocycles. The van der Waals surface area contributed by atoms with Crippen LogP contribution in [0.2, 0.25) is 0 Å². The highest BCUT2D eigenvalue weighted by Crippen LogP contribution is 2.21. The average Bonchev–Trinajstić information content (AvgIpc) is 2.95. The Bertz CT molecular complexity index is 523. The van der Waals surface area contributed by atoms with Crippen molar-refractivity contribution in [1.82, 2.24) is 5.32 Å². The molecule has 0 heterocycles. The summed E-state index contributed by atoms with van der Waals surface area (Å²) in [6.07, 6.45) is 4.20. The lowest BCUT2D eigenvalue weighted by Gasteiger charge is -2.22. The molecule has 1 aromatic rings. The zero-order valence-electron chi connectivity index (χ0n) is 11.1. The number of amides is 1. The molecule has 0 aromatic heterocycles. The Kier molecular flexibility index (Phi) is 4.49. The van der Waals surface area contributed by atoms with Crippen LogP contribution in [-0.4, -0.2) is 17.1 Å². The molecule has 0 aliphatic heterocycles. The molecule has 0 fully saturated rings. The van der Waals surface area contributed by atoms with Gasteiger partial charge in [-0.1, -0.05) is 18.2 Å². The summed E-state index contributed by atoms with van der Waals surface area (Å²) in [6, 6.07) is 2.64. The molecule has 108 valence electrons. The van der Waals surface area contributed by atoms with Crippen LogP contribution in [0.4, 0.5) is 8.78 Å². The van der Waals surface area contributed by atoms with Gasteiger partial charge in [0.25, 0.3) is 0 Å². The zero-order chi connectivity index (χ0) is 14.7. The van der Waals surface area contributed by atoms with E-state index in [0.29, 0.717) is 12.8 Å². The highest BCUT2D eigenvalue weighted by atomic mass is 19.2. The van der Waals surface area contributed by atoms with Gasteiger partial charge in [0.15, 0.2) is 11.6 Å². The SMILES string of the molecule is CC(NC(=O)C1CC=CC1)C(O)c1ccc(F)c(F)c1. The summed E-state index contributed by atoms with van der Waals surface area (Å²) < 4.78 is 26.0. The van der Waals surface area contributed by atoms with Crippen LogP contribution in [0.5, 0.6) is 0 Å². The van der Waals surface area contributed by atoms with Crippen molar-refractivity contribution in [3.8, 4) is 0 Å². The molecular weight excluding hydrogens is 264 g/mol. The minimum atomic E-state index is -1.08. The van der Waals surface area contributed by atoms with Crippen molar-refractivity contribution in [2.45, 2.75) is 31.9 Å². The number of allylic oxidation sites excluding steroid dienone is 2. The summed E-state index contributed by atoms with van der Waals surface area (Å²) >= 11 is 0. The van der Waals surface area contributed by atoms with Gasteiger partial charge in [-0.05, 0) is 37.5 Å². The topological polar surface area (TPSA) is 49.3 Å². The minimum absolute atomic E-state index is 0.102. The van der Waals surface area contributed by atoms with Crippen molar-refractivity contribution < 1.29 is 18.7 Å². The van der Waals surface area contributed by atoms with Crippen molar-refractivity contribution in [2.75, 3.05) is 0 Å². The Hall–Kier alpha value is -1.75. The van der Waals surface area contributed by atoms with Crippen molar-refractivity contribution in [3.05, 3.63) is 47.5 Å². The summed E-state index contributed by atoms with van der Waals surface area (Å²) in [5.74, 6) is -2.21. The Labute approximate surface area is 116 Å². The second-order valence-electron chi connectivity index (χ2n) is 5.06. The lowest BCUT2D eigenvalue weighted by Crippen LogP contribution is -2.40. The van der Waals surface area contributed by atoms with Crippen LogP contribution in [0.3, 0.4) is 0 Å². The van der Waals surface area contributed by atoms with E-state index in [9.17, 15) is 18.7 Å². The van der Waals surface area contributed by atoms with Crippen LogP contribution in [0, 0.1) is 17.6 Å². The van der Waals surface area contributed by atoms with E-state index in [4.69, 9.17) is 0 Å². The number of halogens is 2. The zero-order valence-corrected chi connectivity index (χ0v) is 11.1. The van der Waals surface area contributed by atoms with E-state index in [1.54, 1.807) is 6.92 Å². The molecule has 2 N–H and O–H groups in total. The third-order valence-corrected chi connectivity index (χ3v) is 3.51. The van der Waals surface area contributed by atoms with Crippen LogP contribution in [0.25, 0.3) is 0 Å². The number of hydrogen-bond donors (Lipinski definition) is 2. The summed E-state index contributed by atoms with van der Waals surface area (Å²) in [4.78, 5) is 11.9. The van der Waals surface area contributed by atoms with Gasteiger partial charge < -0.3 is 10.4 Å². The molecule has 5 heteroatoms. The largest absolute Gasteiger partial charge is 0.386 e. The van der Waals surface area contributed by atoms with Crippen LogP contribution in [0.15, 0.2) is 30.4 Å². The molecular formula is C15H17F2NO2. The smallest absolute Gasteiger partial charge is 0.224 e. The third kappa shape index (κ3) is 3.22. The van der Waals surface area contributed by atoms with Crippen LogP contribution < -0.4 is 5.32 Å². The first-order valence-corrected chi connectivity index (χ1v) is 6.57. The number of aliphatic hydroxyl groups is 1. The molecule has 2 unspecified atom stereocenters. The minimum Gasteiger partial charge on any atom is -0.386 e. The van der Waals surface area contributed by atoms with Gasteiger partial charge in [0.2, 0.25) is 5.91 Å². The van der Waals surface area contributed by atoms with Crippen LogP contribution in [-0.2, 0) is 4.79 Å². The second-order valence-corrected chi connectivity index (χ2v) is 5.06. The highest BCUT2D eigenvalue weighted by molar-refractivity contribution is 5.79. The normalized spacial score (nSPS) is 18.0. The quantitative estimate of drug-likeness (QED) is 0.833. The third-order valence-electron chi connectivity index (χ3n) is 3.51. The first kappa shape index (κ1) is 14.7. The summed E-state index contributed by atoms with van der Waals surface area (Å²) in [5, 5.41) is 12.8. The maximum Gasteiger partial charge on any atom is 0.224 e. The van der Waals surface area contributed by atoms with E-state index in [1.165, 1.54) is 6.07 Å². The van der Waals surface area contributed by atoms with Gasteiger partial charge in [0.1, 0.15) is 0 Å². The van der Waals surface area contributed by atoms with Gasteiger partial charge >= 0.3 is 0 Å². The summed E-state index contributed by atoms with van der Waals surface area (Å²) in [5.41, 5.74) is 0.237. The van der Waals surface area contributed by atoms with Crippen molar-refractivity contribution in [1.29, 1.82) is 0 Å². The Balaban J connectivity index is 1.98. The molecule has 1 aliphatic rings. The maximum atomic E-state index is 13.1. The lowest BCUT2D eigenvalue weighted by atomic mass is 10.0. The molecule has 0 saturated carbocycles.